The number of benzene rings is 2. The van der Waals surface area contributed by atoms with Crippen molar-refractivity contribution < 1.29 is 42.5 Å². The van der Waals surface area contributed by atoms with E-state index in [2.05, 4.69) is 31.2 Å². The summed E-state index contributed by atoms with van der Waals surface area (Å²) in [6.07, 6.45) is 12.4. The molecule has 18 nitrogen and oxygen atoms in total. The Morgan fingerprint density at radius 1 is 0.842 bits per heavy atom. The fraction of sp³-hybridized carbons (Fsp3) is 0.518. The molecule has 6 aromatic rings. The highest BCUT2D eigenvalue weighted by Gasteiger charge is 2.57. The normalized spacial score (nSPS) is 24.4. The molecule has 8 heterocycles. The number of ether oxygens (including phenoxy) is 4. The monoisotopic (exact) mass is 1060 g/mol. The van der Waals surface area contributed by atoms with Crippen LogP contribution in [0.4, 0.5) is 14.0 Å². The quantitative estimate of drug-likeness (QED) is 0.0906. The van der Waals surface area contributed by atoms with E-state index in [1.54, 1.807) is 22.4 Å². The zero-order valence-corrected chi connectivity index (χ0v) is 44.5. The first-order valence-electron chi connectivity index (χ1n) is 26.8. The fourth-order valence-electron chi connectivity index (χ4n) is 12.9. The van der Waals surface area contributed by atoms with Gasteiger partial charge in [0.25, 0.3) is 0 Å². The first-order chi connectivity index (χ1) is 36.7. The minimum atomic E-state index is -0.776. The van der Waals surface area contributed by atoms with Gasteiger partial charge in [-0.3, -0.25) is 14.2 Å². The van der Waals surface area contributed by atoms with Gasteiger partial charge in [-0.1, -0.05) is 32.8 Å². The Labute approximate surface area is 443 Å². The number of hydrogen-bond acceptors (Lipinski definition) is 12. The first-order valence-corrected chi connectivity index (χ1v) is 27.7. The molecule has 3 saturated heterocycles. The molecular weight excluding hydrogens is 992 g/mol. The number of carbonyl (C=O) groups is 4. The highest BCUT2D eigenvalue weighted by atomic mass is 32.1. The van der Waals surface area contributed by atoms with Crippen LogP contribution in [-0.2, 0) is 23.8 Å². The number of fused-ring (bicyclic) bond motifs is 6. The molecule has 8 atom stereocenters. The van der Waals surface area contributed by atoms with Gasteiger partial charge in [0.1, 0.15) is 35.3 Å². The van der Waals surface area contributed by atoms with Crippen molar-refractivity contribution in [3.63, 3.8) is 0 Å². The Balaban J connectivity index is 0.857. The number of carbonyl (C=O) groups excluding carboxylic acids is 4. The number of nitrogens with one attached hydrogen (secondary N) is 4. The molecule has 12 rings (SSSR count). The largest absolute Gasteiger partial charge is 0.464 e. The Morgan fingerprint density at radius 3 is 2.32 bits per heavy atom. The molecule has 0 spiro atoms. The molecule has 4 aromatic heterocycles. The van der Waals surface area contributed by atoms with Crippen molar-refractivity contribution in [2.75, 3.05) is 27.4 Å². The average Bonchev–Trinajstić information content (AvgIpc) is 4.25. The maximum atomic E-state index is 17.1. The number of piperidine rings is 1. The molecule has 6 aliphatic rings. The van der Waals surface area contributed by atoms with Gasteiger partial charge < -0.3 is 49.3 Å². The molecule has 4 amide bonds. The average molecular weight is 1060 g/mol. The second-order valence-corrected chi connectivity index (χ2v) is 23.6. The second-order valence-electron chi connectivity index (χ2n) is 22.5. The van der Waals surface area contributed by atoms with Crippen LogP contribution in [0.15, 0.2) is 55.0 Å². The number of nitrogens with zero attached hydrogens (tertiary/aromatic N) is 6. The lowest BCUT2D eigenvalue weighted by Gasteiger charge is -2.40. The lowest BCUT2D eigenvalue weighted by Crippen LogP contribution is -2.55. The Morgan fingerprint density at radius 2 is 1.58 bits per heavy atom. The maximum absolute atomic E-state index is 17.1. The molecule has 0 bridgehead atoms. The maximum Gasteiger partial charge on any atom is 0.407 e. The van der Waals surface area contributed by atoms with Crippen LogP contribution in [0.25, 0.3) is 44.7 Å². The third-order valence-electron chi connectivity index (χ3n) is 16.8. The molecule has 2 aliphatic carbocycles. The fourth-order valence-corrected chi connectivity index (χ4v) is 14.0. The van der Waals surface area contributed by atoms with Crippen LogP contribution in [0.1, 0.15) is 138 Å². The number of hydrogen-bond donors (Lipinski definition) is 4. The number of imidazole rings is 2. The van der Waals surface area contributed by atoms with Crippen LogP contribution in [0.2, 0.25) is 0 Å². The van der Waals surface area contributed by atoms with Crippen molar-refractivity contribution in [3.05, 3.63) is 82.3 Å². The minimum Gasteiger partial charge on any atom is -0.464 e. The highest BCUT2D eigenvalue weighted by Crippen LogP contribution is 2.54. The second kappa shape index (κ2) is 19.6. The van der Waals surface area contributed by atoms with E-state index in [4.69, 9.17) is 33.9 Å². The Hall–Kier alpha value is -6.80. The van der Waals surface area contributed by atoms with Gasteiger partial charge in [-0.15, -0.1) is 11.3 Å². The summed E-state index contributed by atoms with van der Waals surface area (Å²) in [6.45, 7) is 8.78. The lowest BCUT2D eigenvalue weighted by atomic mass is 9.82. The van der Waals surface area contributed by atoms with Gasteiger partial charge in [-0.05, 0) is 113 Å². The summed E-state index contributed by atoms with van der Waals surface area (Å²) in [4.78, 5) is 79.6. The predicted octanol–water partition coefficient (Wildman–Crippen LogP) is 9.92. The number of aromatic nitrogens is 6. The number of methoxy groups -OCH3 is 2. The van der Waals surface area contributed by atoms with E-state index in [1.165, 1.54) is 33.1 Å². The first kappa shape index (κ1) is 50.0. The standard InChI is InChI=1S/C56H65FN10O8S/c1-28(2)46(63-54(70)72-5)51(68)65-16-9-12-39(65)48-58-26-37(62-48)32-19-35(57)45-41-21-33-18-30(13-14-38(33)67(41)53(75-43(45)23-32)44-27-60-50(76-44)29-10-7-8-11-29)36-25-59-49(61-36)42-22-34-20-40(34)66(42)52(69)47(64-55(71)73-6)31-15-17-74-56(3,4)24-31/h13-14,18-19,21,23,25-29,31,34,39-40,42,46-47,53H,7-12,15-17,20,22,24H2,1-6H3,(H,58,62)(H,59,61)(H,63,70)(H,64,71)/t31?,34?,39-,40+,42-,46-,47?,53?/m0/s1. The van der Waals surface area contributed by atoms with E-state index >= 15 is 4.39 Å². The van der Waals surface area contributed by atoms with E-state index in [9.17, 15) is 19.2 Å². The van der Waals surface area contributed by atoms with Gasteiger partial charge in [-0.2, -0.15) is 0 Å². The molecule has 4 unspecified atom stereocenters. The van der Waals surface area contributed by atoms with Crippen LogP contribution in [0, 0.1) is 23.6 Å². The van der Waals surface area contributed by atoms with E-state index in [-0.39, 0.29) is 41.8 Å². The SMILES string of the molecule is COC(=O)NC(C(=O)N1[C@@H]2CC2C[C@H]1c1ncc(-c2ccc3c(c2)cc2n3C(c3cnc(C4CCCC4)s3)Oc3cc(-c4cnc([C@@H]5CCCN5C(=O)[C@@H](NC(=O)OC)C(C)C)[nH]4)cc(F)c3-2)[nH]1)C1CCOC(C)(C)C1. The summed E-state index contributed by atoms with van der Waals surface area (Å²) in [5.41, 5.74) is 4.19. The third kappa shape index (κ3) is 9.07. The van der Waals surface area contributed by atoms with Crippen LogP contribution >= 0.6 is 11.3 Å². The molecular formula is C56H65FN10O8S. The van der Waals surface area contributed by atoms with E-state index in [0.717, 1.165) is 64.1 Å². The summed E-state index contributed by atoms with van der Waals surface area (Å²) in [7, 11) is 2.58. The van der Waals surface area contributed by atoms with Gasteiger partial charge in [0.15, 0.2) is 0 Å². The van der Waals surface area contributed by atoms with Crippen LogP contribution < -0.4 is 15.4 Å². The van der Waals surface area contributed by atoms with Crippen LogP contribution in [0.3, 0.4) is 0 Å². The molecule has 2 aromatic carbocycles. The zero-order valence-electron chi connectivity index (χ0n) is 43.7. The number of likely N-dealkylation sites (tertiary alicyclic amines) is 2. The van der Waals surface area contributed by atoms with Gasteiger partial charge in [0.2, 0.25) is 18.0 Å². The van der Waals surface area contributed by atoms with Crippen molar-refractivity contribution in [3.8, 4) is 39.5 Å². The van der Waals surface area contributed by atoms with Gasteiger partial charge in [-0.25, -0.2) is 28.9 Å². The molecule has 76 heavy (non-hydrogen) atoms. The van der Waals surface area contributed by atoms with Crippen molar-refractivity contribution in [2.24, 2.45) is 17.8 Å². The molecule has 4 aliphatic heterocycles. The van der Waals surface area contributed by atoms with Gasteiger partial charge in [0.05, 0.1) is 82.3 Å². The van der Waals surface area contributed by atoms with Crippen molar-refractivity contribution in [1.29, 1.82) is 0 Å². The number of H-pyrrole nitrogens is 2. The van der Waals surface area contributed by atoms with Crippen molar-refractivity contribution >= 4 is 46.2 Å². The minimum absolute atomic E-state index is 0.0751. The van der Waals surface area contributed by atoms with E-state index in [0.29, 0.717) is 84.2 Å². The molecule has 5 fully saturated rings. The predicted molar refractivity (Wildman–Crippen MR) is 281 cm³/mol. The number of amides is 4. The summed E-state index contributed by atoms with van der Waals surface area (Å²) in [6, 6.07) is 9.38. The number of rotatable bonds is 12. The topological polar surface area (TPSA) is 211 Å². The Bertz CT molecular complexity index is 3230. The molecule has 2 saturated carbocycles. The number of thiazole rings is 1. The summed E-state index contributed by atoms with van der Waals surface area (Å²) in [5, 5.41) is 7.56. The molecule has 4 N–H and O–H groups in total. The molecule has 20 heteroatoms. The van der Waals surface area contributed by atoms with Crippen LogP contribution in [0.5, 0.6) is 5.75 Å². The number of aromatic amines is 2. The van der Waals surface area contributed by atoms with Crippen molar-refractivity contribution in [2.45, 2.75) is 140 Å². The smallest absolute Gasteiger partial charge is 0.407 e. The Kier molecular flexibility index (Phi) is 12.9. The van der Waals surface area contributed by atoms with Gasteiger partial charge >= 0.3 is 12.2 Å². The van der Waals surface area contributed by atoms with Crippen LogP contribution in [-0.4, -0.2) is 114 Å². The molecule has 400 valence electrons. The lowest BCUT2D eigenvalue weighted by molar-refractivity contribution is -0.140. The van der Waals surface area contributed by atoms with Crippen molar-refractivity contribution in [1.82, 2.24) is 49.9 Å². The highest BCUT2D eigenvalue weighted by molar-refractivity contribution is 7.11. The summed E-state index contributed by atoms with van der Waals surface area (Å²) >= 11 is 1.65. The number of halogens is 1. The zero-order chi connectivity index (χ0) is 52.7. The van der Waals surface area contributed by atoms with E-state index in [1.807, 2.05) is 69.3 Å². The summed E-state index contributed by atoms with van der Waals surface area (Å²) < 4.78 is 42.0. The van der Waals surface area contributed by atoms with E-state index < -0.39 is 41.9 Å². The third-order valence-corrected chi connectivity index (χ3v) is 18.0. The van der Waals surface area contributed by atoms with Gasteiger partial charge in [0, 0.05) is 47.8 Å². The summed E-state index contributed by atoms with van der Waals surface area (Å²) in [5.74, 6) is 1.29. The molecule has 0 radical (unpaired) electrons. The number of alkyl carbamates (subject to hydrolysis) is 2.